The van der Waals surface area contributed by atoms with Gasteiger partial charge >= 0.3 is 0 Å². The normalized spacial score (nSPS) is 9.07. The van der Waals surface area contributed by atoms with Crippen molar-refractivity contribution in [2.24, 2.45) is 0 Å². The molecule has 0 saturated carbocycles. The summed E-state index contributed by atoms with van der Waals surface area (Å²) in [5.74, 6) is 0.573. The van der Waals surface area contributed by atoms with Crippen molar-refractivity contribution in [3.63, 3.8) is 0 Å². The van der Waals surface area contributed by atoms with E-state index in [1.54, 1.807) is 0 Å². The summed E-state index contributed by atoms with van der Waals surface area (Å²) in [6, 6.07) is 1.55. The Labute approximate surface area is 78.5 Å². The van der Waals surface area contributed by atoms with Crippen molar-refractivity contribution in [1.82, 2.24) is 0 Å². The van der Waals surface area contributed by atoms with Gasteiger partial charge in [0.05, 0.1) is 6.42 Å². The van der Waals surface area contributed by atoms with Gasteiger partial charge in [-0.15, -0.1) is 0 Å². The van der Waals surface area contributed by atoms with Gasteiger partial charge in [-0.1, -0.05) is 11.8 Å². The Hall–Kier alpha value is -1.76. The van der Waals surface area contributed by atoms with Crippen molar-refractivity contribution in [1.29, 1.82) is 0 Å². The molecule has 0 heterocycles. The lowest BCUT2D eigenvalue weighted by Gasteiger charge is -1.95. The summed E-state index contributed by atoms with van der Waals surface area (Å²) in [6.07, 6.45) is 0.532. The van der Waals surface area contributed by atoms with Crippen molar-refractivity contribution in [3.8, 4) is 11.8 Å². The number of rotatable bonds is 1. The summed E-state index contributed by atoms with van der Waals surface area (Å²) >= 11 is 0. The molecule has 0 N–H and O–H groups in total. The van der Waals surface area contributed by atoms with Gasteiger partial charge in [-0.3, -0.25) is 0 Å². The molecule has 1 rings (SSSR count). The average Bonchev–Trinajstić information content (AvgIpc) is 2.14. The van der Waals surface area contributed by atoms with Gasteiger partial charge in [0.2, 0.25) is 0 Å². The smallest absolute Gasteiger partial charge is 0.194 e. The largest absolute Gasteiger partial charge is 0.302 e. The monoisotopic (exact) mass is 198 g/mol. The molecule has 0 amide bonds. The van der Waals surface area contributed by atoms with Gasteiger partial charge < -0.3 is 4.79 Å². The van der Waals surface area contributed by atoms with Gasteiger partial charge in [0.15, 0.2) is 17.5 Å². The maximum atomic E-state index is 12.6. The lowest BCUT2D eigenvalue weighted by molar-refractivity contribution is -0.107. The number of carbonyl (C=O) groups is 1. The van der Waals surface area contributed by atoms with Crippen LogP contribution < -0.4 is 0 Å². The van der Waals surface area contributed by atoms with Gasteiger partial charge in [-0.2, -0.15) is 0 Å². The van der Waals surface area contributed by atoms with Gasteiger partial charge in [-0.25, -0.2) is 13.2 Å². The molecular weight excluding hydrogens is 193 g/mol. The minimum Gasteiger partial charge on any atom is -0.302 e. The Kier molecular flexibility index (Phi) is 3.29. The lowest BCUT2D eigenvalue weighted by atomic mass is 10.2. The zero-order valence-corrected chi connectivity index (χ0v) is 6.98. The lowest BCUT2D eigenvalue weighted by Crippen LogP contribution is -1.91. The third-order valence-corrected chi connectivity index (χ3v) is 1.40. The van der Waals surface area contributed by atoms with E-state index in [0.717, 1.165) is 12.1 Å². The Balaban J connectivity index is 3.02. The zero-order chi connectivity index (χ0) is 10.6. The fourth-order valence-corrected chi connectivity index (χ4v) is 0.822. The third kappa shape index (κ3) is 2.36. The van der Waals surface area contributed by atoms with Crippen LogP contribution >= 0.6 is 0 Å². The van der Waals surface area contributed by atoms with Crippen molar-refractivity contribution in [2.75, 3.05) is 0 Å². The van der Waals surface area contributed by atoms with E-state index < -0.39 is 17.5 Å². The summed E-state index contributed by atoms with van der Waals surface area (Å²) in [5, 5.41) is 0. The minimum absolute atomic E-state index is 0.00301. The second-order valence-electron chi connectivity index (χ2n) is 2.43. The molecule has 0 aliphatic carbocycles. The molecule has 0 aliphatic heterocycles. The molecule has 72 valence electrons. The van der Waals surface area contributed by atoms with Gasteiger partial charge in [0.25, 0.3) is 0 Å². The molecule has 0 saturated heterocycles. The number of hydrogen-bond acceptors (Lipinski definition) is 1. The van der Waals surface area contributed by atoms with Crippen LogP contribution in [0.25, 0.3) is 0 Å². The van der Waals surface area contributed by atoms with E-state index in [0.29, 0.717) is 6.29 Å². The maximum Gasteiger partial charge on any atom is 0.194 e. The topological polar surface area (TPSA) is 17.1 Å². The van der Waals surface area contributed by atoms with Gasteiger partial charge in [0, 0.05) is 5.56 Å². The van der Waals surface area contributed by atoms with Crippen LogP contribution in [0.3, 0.4) is 0 Å². The summed E-state index contributed by atoms with van der Waals surface area (Å²) in [4.78, 5) is 9.87. The molecule has 0 unspecified atom stereocenters. The predicted molar refractivity (Wildman–Crippen MR) is 43.9 cm³/mol. The Bertz CT molecular complexity index is 392. The van der Waals surface area contributed by atoms with E-state index in [4.69, 9.17) is 0 Å². The first-order valence-corrected chi connectivity index (χ1v) is 3.72. The predicted octanol–water partition coefficient (Wildman–Crippen LogP) is 2.04. The molecule has 1 aromatic rings. The molecule has 0 spiro atoms. The highest BCUT2D eigenvalue weighted by Gasteiger charge is 2.08. The summed E-state index contributed by atoms with van der Waals surface area (Å²) in [6.45, 7) is 0. The summed E-state index contributed by atoms with van der Waals surface area (Å²) < 4.78 is 37.6. The van der Waals surface area contributed by atoms with E-state index in [1.807, 2.05) is 0 Å². The van der Waals surface area contributed by atoms with Crippen molar-refractivity contribution in [3.05, 3.63) is 35.1 Å². The first-order chi connectivity index (χ1) is 6.65. The van der Waals surface area contributed by atoms with Crippen molar-refractivity contribution in [2.45, 2.75) is 6.42 Å². The molecule has 0 bridgehead atoms. The third-order valence-electron chi connectivity index (χ3n) is 1.40. The SMILES string of the molecule is O=CCC#Cc1cc(F)c(F)c(F)c1. The summed E-state index contributed by atoms with van der Waals surface area (Å²) in [7, 11) is 0. The van der Waals surface area contributed by atoms with Crippen LogP contribution in [0.4, 0.5) is 13.2 Å². The first-order valence-electron chi connectivity index (χ1n) is 3.72. The molecule has 0 aromatic heterocycles. The highest BCUT2D eigenvalue weighted by molar-refractivity contribution is 5.54. The average molecular weight is 198 g/mol. The van der Waals surface area contributed by atoms with Crippen LogP contribution in [0.1, 0.15) is 12.0 Å². The molecule has 1 aromatic carbocycles. The molecule has 0 atom stereocenters. The second-order valence-corrected chi connectivity index (χ2v) is 2.43. The minimum atomic E-state index is -1.52. The van der Waals surface area contributed by atoms with E-state index in [1.165, 1.54) is 0 Å². The highest BCUT2D eigenvalue weighted by atomic mass is 19.2. The van der Waals surface area contributed by atoms with Gasteiger partial charge in [-0.05, 0) is 12.1 Å². The van der Waals surface area contributed by atoms with Crippen LogP contribution in [0.5, 0.6) is 0 Å². The second kappa shape index (κ2) is 4.47. The Morgan fingerprint density at radius 3 is 2.29 bits per heavy atom. The van der Waals surface area contributed by atoms with E-state index >= 15 is 0 Å². The van der Waals surface area contributed by atoms with Crippen molar-refractivity contribution < 1.29 is 18.0 Å². The van der Waals surface area contributed by atoms with Gasteiger partial charge in [0.1, 0.15) is 6.29 Å². The molecule has 0 fully saturated rings. The Morgan fingerprint density at radius 2 is 1.79 bits per heavy atom. The fraction of sp³-hybridized carbons (Fsp3) is 0.100. The fourth-order valence-electron chi connectivity index (χ4n) is 0.822. The quantitative estimate of drug-likeness (QED) is 0.383. The zero-order valence-electron chi connectivity index (χ0n) is 6.98. The molecule has 0 radical (unpaired) electrons. The van der Waals surface area contributed by atoms with Crippen LogP contribution in [0, 0.1) is 29.3 Å². The molecular formula is C10H5F3O. The highest BCUT2D eigenvalue weighted by Crippen LogP contribution is 2.12. The van der Waals surface area contributed by atoms with Crippen LogP contribution in [0.2, 0.25) is 0 Å². The number of halogens is 3. The Morgan fingerprint density at radius 1 is 1.21 bits per heavy atom. The van der Waals surface area contributed by atoms with Crippen molar-refractivity contribution >= 4 is 6.29 Å². The number of carbonyl (C=O) groups excluding carboxylic acids is 1. The van der Waals surface area contributed by atoms with E-state index in [-0.39, 0.29) is 12.0 Å². The number of benzene rings is 1. The first kappa shape index (κ1) is 10.3. The number of aldehydes is 1. The van der Waals surface area contributed by atoms with Crippen LogP contribution in [-0.4, -0.2) is 6.29 Å². The van der Waals surface area contributed by atoms with Crippen LogP contribution in [-0.2, 0) is 4.79 Å². The molecule has 14 heavy (non-hydrogen) atoms. The maximum absolute atomic E-state index is 12.6. The van der Waals surface area contributed by atoms with E-state index in [9.17, 15) is 18.0 Å². The number of hydrogen-bond donors (Lipinski definition) is 0. The standard InChI is InChI=1S/C10H5F3O/c11-8-5-7(3-1-2-4-14)6-9(12)10(8)13/h4-6H,2H2. The summed E-state index contributed by atoms with van der Waals surface area (Å²) in [5.41, 5.74) is 0.00301. The van der Waals surface area contributed by atoms with E-state index in [2.05, 4.69) is 11.8 Å². The molecule has 1 nitrogen and oxygen atoms in total. The van der Waals surface area contributed by atoms with Crippen LogP contribution in [0.15, 0.2) is 12.1 Å². The molecule has 4 heteroatoms. The molecule has 0 aliphatic rings.